The first-order valence-corrected chi connectivity index (χ1v) is 17.9. The number of rotatable bonds is 12. The Morgan fingerprint density at radius 2 is 0.846 bits per heavy atom. The van der Waals surface area contributed by atoms with Gasteiger partial charge in [-0.05, 0) is 103 Å². The molecule has 0 fully saturated rings. The molecule has 0 aromatic heterocycles. The summed E-state index contributed by atoms with van der Waals surface area (Å²) < 4.78 is 0. The molecule has 0 radical (unpaired) electrons. The Bertz CT molecular complexity index is 1950. The van der Waals surface area contributed by atoms with E-state index in [1.807, 2.05) is 142 Å². The number of carbonyl (C=O) groups is 3. The molecule has 6 rings (SSSR count). The largest absolute Gasteiger partial charge is 0.326 e. The van der Waals surface area contributed by atoms with Gasteiger partial charge in [0.1, 0.15) is 0 Å². The van der Waals surface area contributed by atoms with Gasteiger partial charge in [0, 0.05) is 42.2 Å². The van der Waals surface area contributed by atoms with E-state index in [1.54, 1.807) is 0 Å². The molecule has 0 spiro atoms. The van der Waals surface area contributed by atoms with Crippen LogP contribution in [-0.2, 0) is 14.4 Å². The summed E-state index contributed by atoms with van der Waals surface area (Å²) in [5.74, 6) is -0.296. The average molecular weight is 688 g/mol. The van der Waals surface area contributed by atoms with Crippen LogP contribution in [0.1, 0.15) is 75.5 Å². The fourth-order valence-corrected chi connectivity index (χ4v) is 6.73. The lowest BCUT2D eigenvalue weighted by Crippen LogP contribution is -2.13. The normalized spacial score (nSPS) is 15.1. The van der Waals surface area contributed by atoms with Crippen molar-refractivity contribution in [3.63, 3.8) is 0 Å². The minimum Gasteiger partial charge on any atom is -0.326 e. The van der Waals surface area contributed by atoms with E-state index in [9.17, 15) is 14.4 Å². The Balaban J connectivity index is 1.19. The van der Waals surface area contributed by atoms with Crippen LogP contribution < -0.4 is 16.0 Å². The SMILES string of the molecule is CC(CC(=O)Nc1ccc(C(c2ccc(NC(=O)CC(C)=C3C=CC=C3)cc2)c2ccc(NC(=O)C/C(C)=C3\C=CCC3)cc2)cc1)=C1C=CC=C1. The molecule has 3 N–H and O–H groups in total. The van der Waals surface area contributed by atoms with Gasteiger partial charge in [-0.1, -0.05) is 114 Å². The van der Waals surface area contributed by atoms with Gasteiger partial charge in [0.25, 0.3) is 0 Å². The Hall–Kier alpha value is -6.01. The van der Waals surface area contributed by atoms with Crippen molar-refractivity contribution in [2.24, 2.45) is 0 Å². The Labute approximate surface area is 306 Å². The molecule has 3 aliphatic carbocycles. The number of nitrogens with one attached hydrogen (secondary N) is 3. The van der Waals surface area contributed by atoms with Crippen molar-refractivity contribution < 1.29 is 14.4 Å². The van der Waals surface area contributed by atoms with Crippen molar-refractivity contribution in [3.05, 3.63) is 184 Å². The molecule has 0 saturated heterocycles. The fraction of sp³-hybridized carbons (Fsp3) is 0.196. The third kappa shape index (κ3) is 9.40. The van der Waals surface area contributed by atoms with Crippen molar-refractivity contribution in [2.75, 3.05) is 16.0 Å². The van der Waals surface area contributed by atoms with Crippen LogP contribution in [0.4, 0.5) is 17.1 Å². The number of benzene rings is 3. The van der Waals surface area contributed by atoms with E-state index >= 15 is 0 Å². The third-order valence-electron chi connectivity index (χ3n) is 9.62. The second-order valence-electron chi connectivity index (χ2n) is 13.6. The van der Waals surface area contributed by atoms with Crippen LogP contribution >= 0.6 is 0 Å². The molecule has 6 nitrogen and oxygen atoms in total. The van der Waals surface area contributed by atoms with Gasteiger partial charge in [-0.3, -0.25) is 14.4 Å². The summed E-state index contributed by atoms with van der Waals surface area (Å²) in [6.07, 6.45) is 23.2. The van der Waals surface area contributed by atoms with Gasteiger partial charge in [0.15, 0.2) is 0 Å². The van der Waals surface area contributed by atoms with Gasteiger partial charge < -0.3 is 16.0 Å². The van der Waals surface area contributed by atoms with Gasteiger partial charge in [0.2, 0.25) is 17.7 Å². The maximum absolute atomic E-state index is 12.9. The summed E-state index contributed by atoms with van der Waals surface area (Å²) in [5.41, 5.74) is 11.9. The summed E-state index contributed by atoms with van der Waals surface area (Å²) in [6.45, 7) is 5.99. The molecule has 0 aliphatic heterocycles. The highest BCUT2D eigenvalue weighted by molar-refractivity contribution is 5.94. The molecule has 52 heavy (non-hydrogen) atoms. The van der Waals surface area contributed by atoms with Crippen LogP contribution in [0.5, 0.6) is 0 Å². The molecule has 0 atom stereocenters. The zero-order chi connectivity index (χ0) is 36.5. The molecular formula is C46H45N3O3. The van der Waals surface area contributed by atoms with Crippen LogP contribution in [0.2, 0.25) is 0 Å². The molecule has 262 valence electrons. The van der Waals surface area contributed by atoms with Gasteiger partial charge in [-0.2, -0.15) is 0 Å². The minimum absolute atomic E-state index is 0.0324. The van der Waals surface area contributed by atoms with Gasteiger partial charge in [0.05, 0.1) is 0 Å². The van der Waals surface area contributed by atoms with Crippen molar-refractivity contribution in [2.45, 2.75) is 58.8 Å². The highest BCUT2D eigenvalue weighted by Gasteiger charge is 2.19. The predicted molar refractivity (Wildman–Crippen MR) is 213 cm³/mol. The van der Waals surface area contributed by atoms with Crippen molar-refractivity contribution in [1.82, 2.24) is 0 Å². The van der Waals surface area contributed by atoms with Crippen molar-refractivity contribution >= 4 is 34.8 Å². The molecule has 6 heteroatoms. The minimum atomic E-state index is -0.138. The number of carbonyl (C=O) groups excluding carboxylic acids is 3. The molecule has 0 heterocycles. The van der Waals surface area contributed by atoms with Crippen molar-refractivity contribution in [3.8, 4) is 0 Å². The van der Waals surface area contributed by atoms with Crippen LogP contribution in [0.3, 0.4) is 0 Å². The second-order valence-corrected chi connectivity index (χ2v) is 13.6. The maximum atomic E-state index is 12.9. The first-order valence-electron chi connectivity index (χ1n) is 17.9. The molecular weight excluding hydrogens is 643 g/mol. The zero-order valence-electron chi connectivity index (χ0n) is 30.0. The Morgan fingerprint density at radius 1 is 0.500 bits per heavy atom. The maximum Gasteiger partial charge on any atom is 0.228 e. The van der Waals surface area contributed by atoms with Crippen molar-refractivity contribution in [1.29, 1.82) is 0 Å². The van der Waals surface area contributed by atoms with Gasteiger partial charge in [-0.15, -0.1) is 0 Å². The quantitative estimate of drug-likeness (QED) is 0.166. The van der Waals surface area contributed by atoms with E-state index < -0.39 is 0 Å². The second kappa shape index (κ2) is 16.8. The zero-order valence-corrected chi connectivity index (χ0v) is 30.0. The van der Waals surface area contributed by atoms with E-state index in [1.165, 1.54) is 5.57 Å². The topological polar surface area (TPSA) is 87.3 Å². The first kappa shape index (κ1) is 35.8. The van der Waals surface area contributed by atoms with E-state index in [-0.39, 0.29) is 23.6 Å². The molecule has 3 aromatic rings. The van der Waals surface area contributed by atoms with Gasteiger partial charge in [-0.25, -0.2) is 0 Å². The van der Waals surface area contributed by atoms with Crippen LogP contribution in [0, 0.1) is 0 Å². The smallest absolute Gasteiger partial charge is 0.228 e. The molecule has 3 amide bonds. The summed E-state index contributed by atoms with van der Waals surface area (Å²) in [4.78, 5) is 38.5. The number of hydrogen-bond acceptors (Lipinski definition) is 3. The molecule has 0 unspecified atom stereocenters. The fourth-order valence-electron chi connectivity index (χ4n) is 6.73. The van der Waals surface area contributed by atoms with E-state index in [4.69, 9.17) is 0 Å². The third-order valence-corrected chi connectivity index (χ3v) is 9.62. The highest BCUT2D eigenvalue weighted by atomic mass is 16.2. The molecule has 3 aromatic carbocycles. The Kier molecular flexibility index (Phi) is 11.6. The van der Waals surface area contributed by atoms with E-state index in [0.29, 0.717) is 19.3 Å². The highest BCUT2D eigenvalue weighted by Crippen LogP contribution is 2.34. The summed E-state index contributed by atoms with van der Waals surface area (Å²) in [5, 5.41) is 9.13. The molecule has 0 saturated carbocycles. The monoisotopic (exact) mass is 687 g/mol. The van der Waals surface area contributed by atoms with Gasteiger partial charge >= 0.3 is 0 Å². The van der Waals surface area contributed by atoms with E-state index in [0.717, 1.165) is 74.5 Å². The summed E-state index contributed by atoms with van der Waals surface area (Å²) >= 11 is 0. The lowest BCUT2D eigenvalue weighted by molar-refractivity contribution is -0.116. The van der Waals surface area contributed by atoms with Crippen LogP contribution in [-0.4, -0.2) is 17.7 Å². The standard InChI is InChI=1S/C46H45N3O3/c1-31(34-10-4-5-11-34)28-43(50)47-40-22-16-37(17-23-40)46(38-18-24-41(25-19-38)48-44(51)29-32(2)35-12-6-7-13-35)39-20-26-42(27-21-39)49-45(52)30-33(3)36-14-8-9-15-36/h4-8,10-14,16-27,46H,9,15,28-30H2,1-3H3,(H,47,50)(H,48,51)(H,49,52)/b36-33+. The first-order chi connectivity index (χ1) is 25.2. The number of allylic oxidation sites excluding steroid dienone is 13. The summed E-state index contributed by atoms with van der Waals surface area (Å²) in [6, 6.07) is 23.9. The lowest BCUT2D eigenvalue weighted by Gasteiger charge is -2.20. The predicted octanol–water partition coefficient (Wildman–Crippen LogP) is 10.4. The van der Waals surface area contributed by atoms with E-state index in [2.05, 4.69) is 28.1 Å². The molecule has 3 aliphatic rings. The Morgan fingerprint density at radius 3 is 1.17 bits per heavy atom. The number of hydrogen-bond donors (Lipinski definition) is 3. The molecule has 0 bridgehead atoms. The lowest BCUT2D eigenvalue weighted by atomic mass is 9.85. The number of anilines is 3. The number of amides is 3. The summed E-state index contributed by atoms with van der Waals surface area (Å²) in [7, 11) is 0. The van der Waals surface area contributed by atoms with Crippen LogP contribution in [0.25, 0.3) is 0 Å². The van der Waals surface area contributed by atoms with Crippen LogP contribution in [0.15, 0.2) is 167 Å². The average Bonchev–Trinajstić information content (AvgIpc) is 3.95.